The van der Waals surface area contributed by atoms with Gasteiger partial charge in [0.15, 0.2) is 0 Å². The van der Waals surface area contributed by atoms with Crippen LogP contribution in [0.3, 0.4) is 0 Å². The van der Waals surface area contributed by atoms with Crippen LogP contribution in [0.25, 0.3) is 0 Å². The third kappa shape index (κ3) is 3.63. The fourth-order valence-corrected chi connectivity index (χ4v) is 4.92. The van der Waals surface area contributed by atoms with E-state index in [1.165, 1.54) is 56.4 Å². The highest BCUT2D eigenvalue weighted by molar-refractivity contribution is 7.09. The Labute approximate surface area is 127 Å². The molecule has 1 aliphatic heterocycles. The van der Waals surface area contributed by atoms with E-state index in [0.717, 1.165) is 18.0 Å². The molecule has 1 saturated carbocycles. The molecule has 2 heterocycles. The van der Waals surface area contributed by atoms with Crippen molar-refractivity contribution in [3.05, 3.63) is 22.4 Å². The molecule has 4 unspecified atom stereocenters. The third-order valence-corrected chi connectivity index (χ3v) is 5.92. The molecule has 0 spiro atoms. The highest BCUT2D eigenvalue weighted by Crippen LogP contribution is 2.31. The number of hydrogen-bond acceptors (Lipinski definition) is 3. The molecule has 1 saturated heterocycles. The summed E-state index contributed by atoms with van der Waals surface area (Å²) in [4.78, 5) is 1.51. The van der Waals surface area contributed by atoms with Gasteiger partial charge in [0, 0.05) is 23.0 Å². The summed E-state index contributed by atoms with van der Waals surface area (Å²) in [7, 11) is 0. The van der Waals surface area contributed by atoms with Gasteiger partial charge in [-0.1, -0.05) is 18.9 Å². The highest BCUT2D eigenvalue weighted by Gasteiger charge is 2.33. The first-order chi connectivity index (χ1) is 9.83. The smallest absolute Gasteiger partial charge is 0.0113 e. The van der Waals surface area contributed by atoms with Gasteiger partial charge in [0.1, 0.15) is 0 Å². The molecule has 1 aromatic rings. The van der Waals surface area contributed by atoms with Gasteiger partial charge in [-0.3, -0.25) is 0 Å². The quantitative estimate of drug-likeness (QED) is 0.867. The van der Waals surface area contributed by atoms with Crippen molar-refractivity contribution in [3.63, 3.8) is 0 Å². The van der Waals surface area contributed by atoms with Crippen molar-refractivity contribution in [2.45, 2.75) is 70.0 Å². The number of rotatable bonds is 5. The summed E-state index contributed by atoms with van der Waals surface area (Å²) in [5.41, 5.74) is 0. The Kier molecular flexibility index (Phi) is 5.14. The van der Waals surface area contributed by atoms with Crippen LogP contribution in [0.2, 0.25) is 0 Å². The summed E-state index contributed by atoms with van der Waals surface area (Å²) in [6.07, 6.45) is 9.57. The van der Waals surface area contributed by atoms with Crippen LogP contribution in [0.1, 0.15) is 50.3 Å². The Morgan fingerprint density at radius 2 is 2.20 bits per heavy atom. The maximum atomic E-state index is 3.95. The zero-order chi connectivity index (χ0) is 13.8. The summed E-state index contributed by atoms with van der Waals surface area (Å²) in [5.74, 6) is 0.858. The summed E-state index contributed by atoms with van der Waals surface area (Å²) in [6, 6.07) is 6.54. The van der Waals surface area contributed by atoms with E-state index in [4.69, 9.17) is 0 Å². The minimum Gasteiger partial charge on any atom is -0.314 e. The SMILES string of the molecule is CC(Cc1cccs1)NC1CCCCC1C1CCCN1. The molecule has 0 bridgehead atoms. The highest BCUT2D eigenvalue weighted by atomic mass is 32.1. The van der Waals surface area contributed by atoms with Gasteiger partial charge in [-0.2, -0.15) is 0 Å². The van der Waals surface area contributed by atoms with Crippen LogP contribution in [0.15, 0.2) is 17.5 Å². The number of thiophene rings is 1. The molecule has 0 radical (unpaired) electrons. The van der Waals surface area contributed by atoms with E-state index < -0.39 is 0 Å². The van der Waals surface area contributed by atoms with Gasteiger partial charge in [0.05, 0.1) is 0 Å². The van der Waals surface area contributed by atoms with Crippen molar-refractivity contribution in [3.8, 4) is 0 Å². The van der Waals surface area contributed by atoms with E-state index in [1.54, 1.807) is 0 Å². The minimum absolute atomic E-state index is 0.598. The van der Waals surface area contributed by atoms with E-state index in [0.29, 0.717) is 6.04 Å². The third-order valence-electron chi connectivity index (χ3n) is 5.02. The molecule has 4 atom stereocenters. The second kappa shape index (κ2) is 7.06. The van der Waals surface area contributed by atoms with Crippen molar-refractivity contribution >= 4 is 11.3 Å². The molecule has 0 aromatic carbocycles. The largest absolute Gasteiger partial charge is 0.314 e. The van der Waals surface area contributed by atoms with Crippen molar-refractivity contribution in [1.82, 2.24) is 10.6 Å². The summed E-state index contributed by atoms with van der Waals surface area (Å²) in [5, 5.41) is 9.88. The van der Waals surface area contributed by atoms with Crippen LogP contribution in [0.4, 0.5) is 0 Å². The lowest BCUT2D eigenvalue weighted by molar-refractivity contribution is 0.203. The van der Waals surface area contributed by atoms with Crippen LogP contribution in [0, 0.1) is 5.92 Å². The minimum atomic E-state index is 0.598. The van der Waals surface area contributed by atoms with Gasteiger partial charge in [-0.25, -0.2) is 0 Å². The van der Waals surface area contributed by atoms with Gasteiger partial charge >= 0.3 is 0 Å². The molecule has 1 aliphatic carbocycles. The maximum Gasteiger partial charge on any atom is 0.0113 e. The predicted molar refractivity (Wildman–Crippen MR) is 87.4 cm³/mol. The molecular weight excluding hydrogens is 264 g/mol. The summed E-state index contributed by atoms with van der Waals surface area (Å²) >= 11 is 1.89. The van der Waals surface area contributed by atoms with Crippen LogP contribution in [-0.4, -0.2) is 24.7 Å². The lowest BCUT2D eigenvalue weighted by atomic mass is 9.79. The monoisotopic (exact) mass is 292 g/mol. The van der Waals surface area contributed by atoms with Crippen molar-refractivity contribution in [1.29, 1.82) is 0 Å². The molecule has 2 aliphatic rings. The van der Waals surface area contributed by atoms with Crippen LogP contribution in [0.5, 0.6) is 0 Å². The topological polar surface area (TPSA) is 24.1 Å². The first-order valence-corrected chi connectivity index (χ1v) is 9.22. The van der Waals surface area contributed by atoms with E-state index in [2.05, 4.69) is 35.1 Å². The predicted octanol–water partition coefficient (Wildman–Crippen LogP) is 3.58. The number of hydrogen-bond donors (Lipinski definition) is 2. The Morgan fingerprint density at radius 3 is 2.95 bits per heavy atom. The van der Waals surface area contributed by atoms with E-state index in [1.807, 2.05) is 11.3 Å². The summed E-state index contributed by atoms with van der Waals surface area (Å²) in [6.45, 7) is 3.59. The number of nitrogens with one attached hydrogen (secondary N) is 2. The maximum absolute atomic E-state index is 3.95. The zero-order valence-electron chi connectivity index (χ0n) is 12.6. The first-order valence-electron chi connectivity index (χ1n) is 8.35. The molecule has 3 heteroatoms. The molecule has 1 aromatic heterocycles. The zero-order valence-corrected chi connectivity index (χ0v) is 13.4. The van der Waals surface area contributed by atoms with Gasteiger partial charge in [0.2, 0.25) is 0 Å². The fourth-order valence-electron chi connectivity index (χ4n) is 4.08. The Hall–Kier alpha value is -0.380. The van der Waals surface area contributed by atoms with Gasteiger partial charge < -0.3 is 10.6 Å². The molecule has 112 valence electrons. The molecule has 2 fully saturated rings. The molecule has 2 nitrogen and oxygen atoms in total. The normalized spacial score (nSPS) is 32.4. The lowest BCUT2D eigenvalue weighted by Gasteiger charge is -2.38. The van der Waals surface area contributed by atoms with Gasteiger partial charge in [-0.05, 0) is 62.9 Å². The molecule has 2 N–H and O–H groups in total. The summed E-state index contributed by atoms with van der Waals surface area (Å²) < 4.78 is 0. The van der Waals surface area contributed by atoms with Crippen molar-refractivity contribution in [2.75, 3.05) is 6.54 Å². The van der Waals surface area contributed by atoms with E-state index >= 15 is 0 Å². The molecular formula is C17H28N2S. The molecule has 0 amide bonds. The Balaban J connectivity index is 1.55. The van der Waals surface area contributed by atoms with E-state index in [-0.39, 0.29) is 0 Å². The Bertz CT molecular complexity index is 384. The van der Waals surface area contributed by atoms with E-state index in [9.17, 15) is 0 Å². The van der Waals surface area contributed by atoms with Gasteiger partial charge in [0.25, 0.3) is 0 Å². The first kappa shape index (κ1) is 14.6. The second-order valence-corrected chi connectivity index (χ2v) is 7.64. The fraction of sp³-hybridized carbons (Fsp3) is 0.765. The van der Waals surface area contributed by atoms with Crippen molar-refractivity contribution in [2.24, 2.45) is 5.92 Å². The Morgan fingerprint density at radius 1 is 1.30 bits per heavy atom. The van der Waals surface area contributed by atoms with Crippen molar-refractivity contribution < 1.29 is 0 Å². The average molecular weight is 292 g/mol. The van der Waals surface area contributed by atoms with Gasteiger partial charge in [-0.15, -0.1) is 11.3 Å². The molecule has 3 rings (SSSR count). The lowest BCUT2D eigenvalue weighted by Crippen LogP contribution is -2.50. The standard InChI is InChI=1S/C17H28N2S/c1-13(12-14-6-5-11-20-14)19-17-8-3-2-7-15(17)16-9-4-10-18-16/h5-6,11,13,15-19H,2-4,7-10,12H2,1H3. The molecule has 20 heavy (non-hydrogen) atoms. The van der Waals surface area contributed by atoms with Crippen LogP contribution in [-0.2, 0) is 6.42 Å². The van der Waals surface area contributed by atoms with Crippen LogP contribution < -0.4 is 10.6 Å². The van der Waals surface area contributed by atoms with Crippen LogP contribution >= 0.6 is 11.3 Å². The average Bonchev–Trinajstić information content (AvgIpc) is 3.11. The second-order valence-electron chi connectivity index (χ2n) is 6.61.